The Morgan fingerprint density at radius 3 is 2.62 bits per heavy atom. The first-order valence-corrected chi connectivity index (χ1v) is 9.43. The number of para-hydroxylation sites is 1. The molecule has 0 saturated carbocycles. The lowest BCUT2D eigenvalue weighted by Crippen LogP contribution is -2.20. The third-order valence-electron chi connectivity index (χ3n) is 4.15. The minimum Gasteiger partial charge on any atom is -0.497 e. The zero-order valence-corrected chi connectivity index (χ0v) is 16.7. The maximum atomic E-state index is 12.2. The quantitative estimate of drug-likeness (QED) is 0.437. The smallest absolute Gasteiger partial charge is 0.244 e. The lowest BCUT2D eigenvalue weighted by molar-refractivity contribution is -0.120. The minimum absolute atomic E-state index is 0.0968. The lowest BCUT2D eigenvalue weighted by atomic mass is 10.1. The molecule has 0 fully saturated rings. The first kappa shape index (κ1) is 20.4. The second-order valence-corrected chi connectivity index (χ2v) is 6.65. The fourth-order valence-electron chi connectivity index (χ4n) is 2.65. The van der Waals surface area contributed by atoms with Crippen molar-refractivity contribution in [1.82, 2.24) is 5.43 Å². The summed E-state index contributed by atoms with van der Waals surface area (Å²) in [5, 5.41) is 4.55. The van der Waals surface area contributed by atoms with Crippen LogP contribution in [0.4, 0.5) is 0 Å². The summed E-state index contributed by atoms with van der Waals surface area (Å²) in [7, 11) is 1.56. The normalized spacial score (nSPS) is 10.7. The van der Waals surface area contributed by atoms with Crippen LogP contribution in [0.15, 0.2) is 77.9 Å². The fraction of sp³-hybridized carbons (Fsp3) is 0.130. The molecule has 1 N–H and O–H groups in total. The van der Waals surface area contributed by atoms with Gasteiger partial charge in [-0.15, -0.1) is 0 Å². The van der Waals surface area contributed by atoms with Crippen molar-refractivity contribution in [3.63, 3.8) is 0 Å². The van der Waals surface area contributed by atoms with Crippen LogP contribution < -0.4 is 14.9 Å². The molecule has 29 heavy (non-hydrogen) atoms. The maximum absolute atomic E-state index is 12.2. The SMILES string of the molecule is COc1ccc(Cl)c(CC(=O)N/N=C/c2ccccc2OCc2ccccc2)c1. The Morgan fingerprint density at radius 2 is 1.83 bits per heavy atom. The summed E-state index contributed by atoms with van der Waals surface area (Å²) in [4.78, 5) is 12.2. The Bertz CT molecular complexity index is 990. The Balaban J connectivity index is 1.59. The van der Waals surface area contributed by atoms with E-state index in [2.05, 4.69) is 10.5 Å². The Hall–Kier alpha value is -3.31. The van der Waals surface area contributed by atoms with E-state index in [0.717, 1.165) is 11.1 Å². The highest BCUT2D eigenvalue weighted by molar-refractivity contribution is 6.31. The predicted molar refractivity (Wildman–Crippen MR) is 115 cm³/mol. The van der Waals surface area contributed by atoms with E-state index >= 15 is 0 Å². The Labute approximate surface area is 174 Å². The molecule has 6 heteroatoms. The van der Waals surface area contributed by atoms with Gasteiger partial charge in [0.05, 0.1) is 19.7 Å². The molecule has 1 amide bonds. The first-order valence-electron chi connectivity index (χ1n) is 9.06. The van der Waals surface area contributed by atoms with Crippen molar-refractivity contribution in [2.45, 2.75) is 13.0 Å². The third kappa shape index (κ3) is 6.09. The van der Waals surface area contributed by atoms with E-state index in [4.69, 9.17) is 21.1 Å². The standard InChI is InChI=1S/C23H21ClN2O3/c1-28-20-11-12-21(24)19(13-20)14-23(27)26-25-15-18-9-5-6-10-22(18)29-16-17-7-3-2-4-8-17/h2-13,15H,14,16H2,1H3,(H,26,27)/b25-15+. The minimum atomic E-state index is -0.279. The molecular formula is C23H21ClN2O3. The summed E-state index contributed by atoms with van der Waals surface area (Å²) in [5.41, 5.74) is 5.03. The van der Waals surface area contributed by atoms with Crippen LogP contribution in [0, 0.1) is 0 Å². The van der Waals surface area contributed by atoms with Crippen LogP contribution in [0.25, 0.3) is 0 Å². The molecule has 0 atom stereocenters. The van der Waals surface area contributed by atoms with Crippen LogP contribution in [0.1, 0.15) is 16.7 Å². The van der Waals surface area contributed by atoms with Crippen LogP contribution in [0.2, 0.25) is 5.02 Å². The number of benzene rings is 3. The van der Waals surface area contributed by atoms with Gasteiger partial charge in [0.2, 0.25) is 5.91 Å². The number of carbonyl (C=O) groups is 1. The molecule has 3 aromatic carbocycles. The van der Waals surface area contributed by atoms with Crippen molar-refractivity contribution in [3.8, 4) is 11.5 Å². The number of amides is 1. The summed E-state index contributed by atoms with van der Waals surface area (Å²) in [5.74, 6) is 1.05. The van der Waals surface area contributed by atoms with Gasteiger partial charge in [-0.05, 0) is 41.5 Å². The number of hydrogen-bond acceptors (Lipinski definition) is 4. The molecule has 0 heterocycles. The van der Waals surface area contributed by atoms with E-state index in [0.29, 0.717) is 28.7 Å². The van der Waals surface area contributed by atoms with Gasteiger partial charge in [-0.1, -0.05) is 54.1 Å². The monoisotopic (exact) mass is 408 g/mol. The molecule has 5 nitrogen and oxygen atoms in total. The van der Waals surface area contributed by atoms with Gasteiger partial charge in [-0.3, -0.25) is 4.79 Å². The molecule has 0 aliphatic heterocycles. The highest BCUT2D eigenvalue weighted by atomic mass is 35.5. The summed E-state index contributed by atoms with van der Waals surface area (Å²) in [6.45, 7) is 0.451. The van der Waals surface area contributed by atoms with E-state index in [1.807, 2.05) is 54.6 Å². The number of ether oxygens (including phenoxy) is 2. The van der Waals surface area contributed by atoms with Crippen LogP contribution in [-0.4, -0.2) is 19.2 Å². The van der Waals surface area contributed by atoms with E-state index < -0.39 is 0 Å². The number of methoxy groups -OCH3 is 1. The zero-order valence-electron chi connectivity index (χ0n) is 16.0. The molecule has 0 radical (unpaired) electrons. The molecule has 0 saturated heterocycles. The number of nitrogens with zero attached hydrogens (tertiary/aromatic N) is 1. The van der Waals surface area contributed by atoms with Crippen molar-refractivity contribution in [2.75, 3.05) is 7.11 Å². The predicted octanol–water partition coefficient (Wildman–Crippen LogP) is 4.62. The fourth-order valence-corrected chi connectivity index (χ4v) is 2.84. The number of hydrogen-bond donors (Lipinski definition) is 1. The van der Waals surface area contributed by atoms with Gasteiger partial charge in [0.1, 0.15) is 18.1 Å². The van der Waals surface area contributed by atoms with Gasteiger partial charge in [-0.25, -0.2) is 5.43 Å². The topological polar surface area (TPSA) is 59.9 Å². The largest absolute Gasteiger partial charge is 0.497 e. The van der Waals surface area contributed by atoms with Crippen LogP contribution in [0.3, 0.4) is 0 Å². The molecule has 0 aliphatic rings. The van der Waals surface area contributed by atoms with E-state index in [1.54, 1.807) is 31.5 Å². The molecule has 148 valence electrons. The van der Waals surface area contributed by atoms with Crippen molar-refractivity contribution in [2.24, 2.45) is 5.10 Å². The Kier molecular flexibility index (Phi) is 7.25. The number of halogens is 1. The second-order valence-electron chi connectivity index (χ2n) is 6.24. The maximum Gasteiger partial charge on any atom is 0.244 e. The summed E-state index contributed by atoms with van der Waals surface area (Å²) >= 11 is 6.14. The number of rotatable bonds is 8. The van der Waals surface area contributed by atoms with Crippen LogP contribution in [-0.2, 0) is 17.8 Å². The molecule has 0 aliphatic carbocycles. The number of nitrogens with one attached hydrogen (secondary N) is 1. The molecule has 3 aromatic rings. The lowest BCUT2D eigenvalue weighted by Gasteiger charge is -2.09. The van der Waals surface area contributed by atoms with Gasteiger partial charge in [-0.2, -0.15) is 5.10 Å². The second kappa shape index (κ2) is 10.3. The molecule has 3 rings (SSSR count). The first-order chi connectivity index (χ1) is 14.2. The third-order valence-corrected chi connectivity index (χ3v) is 4.52. The van der Waals surface area contributed by atoms with Gasteiger partial charge >= 0.3 is 0 Å². The highest BCUT2D eigenvalue weighted by Crippen LogP contribution is 2.22. The van der Waals surface area contributed by atoms with E-state index in [9.17, 15) is 4.79 Å². The average molecular weight is 409 g/mol. The molecule has 0 bridgehead atoms. The van der Waals surface area contributed by atoms with E-state index in [-0.39, 0.29) is 12.3 Å². The summed E-state index contributed by atoms with van der Waals surface area (Å²) in [6, 6.07) is 22.6. The Morgan fingerprint density at radius 1 is 1.07 bits per heavy atom. The summed E-state index contributed by atoms with van der Waals surface area (Å²) < 4.78 is 11.0. The number of hydrazone groups is 1. The van der Waals surface area contributed by atoms with Gasteiger partial charge in [0, 0.05) is 10.6 Å². The summed E-state index contributed by atoms with van der Waals surface area (Å²) in [6.07, 6.45) is 1.66. The highest BCUT2D eigenvalue weighted by Gasteiger charge is 2.08. The van der Waals surface area contributed by atoms with Crippen molar-refractivity contribution in [3.05, 3.63) is 94.5 Å². The molecular weight excluding hydrogens is 388 g/mol. The number of carbonyl (C=O) groups excluding carboxylic acids is 1. The van der Waals surface area contributed by atoms with Gasteiger partial charge in [0.15, 0.2) is 0 Å². The van der Waals surface area contributed by atoms with Crippen molar-refractivity contribution < 1.29 is 14.3 Å². The van der Waals surface area contributed by atoms with Crippen molar-refractivity contribution >= 4 is 23.7 Å². The average Bonchev–Trinajstić information content (AvgIpc) is 2.75. The molecule has 0 aromatic heterocycles. The van der Waals surface area contributed by atoms with Gasteiger partial charge < -0.3 is 9.47 Å². The van der Waals surface area contributed by atoms with Crippen molar-refractivity contribution in [1.29, 1.82) is 0 Å². The molecule has 0 unspecified atom stereocenters. The zero-order chi connectivity index (χ0) is 20.5. The van der Waals surface area contributed by atoms with Crippen LogP contribution in [0.5, 0.6) is 11.5 Å². The van der Waals surface area contributed by atoms with Gasteiger partial charge in [0.25, 0.3) is 0 Å². The van der Waals surface area contributed by atoms with E-state index in [1.165, 1.54) is 0 Å². The molecule has 0 spiro atoms. The van der Waals surface area contributed by atoms with Crippen LogP contribution >= 0.6 is 11.6 Å².